The average molecular weight is 250 g/mol. The lowest BCUT2D eigenvalue weighted by Crippen LogP contribution is -2.45. The molecule has 0 saturated heterocycles. The van der Waals surface area contributed by atoms with Crippen molar-refractivity contribution in [2.45, 2.75) is 44.6 Å². The molecule has 0 aliphatic rings. The van der Waals surface area contributed by atoms with Crippen LogP contribution >= 0.6 is 12.6 Å². The summed E-state index contributed by atoms with van der Waals surface area (Å²) in [5.41, 5.74) is 7.37. The highest BCUT2D eigenvalue weighted by Gasteiger charge is 2.34. The van der Waals surface area contributed by atoms with Crippen molar-refractivity contribution in [2.75, 3.05) is 0 Å². The molecule has 0 atom stereocenters. The monoisotopic (exact) mass is 250 g/mol. The standard InChI is InChI=1S/C13H21BNOS/c1-12(2,13(3,4)17)16-14-11-7-5-10(9-15)6-8-11/h5-8,17H,9,15H2,1-4H3. The van der Waals surface area contributed by atoms with Crippen LogP contribution in [0.15, 0.2) is 24.3 Å². The van der Waals surface area contributed by atoms with Crippen molar-refractivity contribution in [1.29, 1.82) is 0 Å². The Balaban J connectivity index is 2.61. The molecular formula is C13H21BNOS. The lowest BCUT2D eigenvalue weighted by Gasteiger charge is -2.38. The molecule has 0 saturated carbocycles. The summed E-state index contributed by atoms with van der Waals surface area (Å²) in [7, 11) is 1.78. The lowest BCUT2D eigenvalue weighted by molar-refractivity contribution is 0.0854. The first kappa shape index (κ1) is 14.6. The summed E-state index contributed by atoms with van der Waals surface area (Å²) in [5, 5.41) is 0. The van der Waals surface area contributed by atoms with Crippen molar-refractivity contribution in [3.63, 3.8) is 0 Å². The molecule has 93 valence electrons. The van der Waals surface area contributed by atoms with Crippen molar-refractivity contribution in [3.8, 4) is 0 Å². The molecule has 0 heterocycles. The van der Waals surface area contributed by atoms with Crippen LogP contribution in [0.25, 0.3) is 0 Å². The highest BCUT2D eigenvalue weighted by atomic mass is 32.1. The van der Waals surface area contributed by atoms with E-state index >= 15 is 0 Å². The largest absolute Gasteiger partial charge is 0.428 e. The van der Waals surface area contributed by atoms with Crippen LogP contribution in [0.1, 0.15) is 33.3 Å². The number of nitrogens with two attached hydrogens (primary N) is 1. The highest BCUT2D eigenvalue weighted by Crippen LogP contribution is 2.30. The van der Waals surface area contributed by atoms with Gasteiger partial charge in [-0.25, -0.2) is 0 Å². The van der Waals surface area contributed by atoms with Gasteiger partial charge in [-0.2, -0.15) is 12.6 Å². The summed E-state index contributed by atoms with van der Waals surface area (Å²) < 4.78 is 5.61. The van der Waals surface area contributed by atoms with Gasteiger partial charge in [-0.15, -0.1) is 0 Å². The molecular weight excluding hydrogens is 229 g/mol. The van der Waals surface area contributed by atoms with Gasteiger partial charge in [0.15, 0.2) is 0 Å². The van der Waals surface area contributed by atoms with Crippen LogP contribution in [0, 0.1) is 0 Å². The van der Waals surface area contributed by atoms with Crippen LogP contribution in [-0.4, -0.2) is 17.8 Å². The first-order valence-electron chi connectivity index (χ1n) is 5.79. The van der Waals surface area contributed by atoms with E-state index in [1.807, 2.05) is 52.0 Å². The van der Waals surface area contributed by atoms with Gasteiger partial charge in [-0.1, -0.05) is 29.7 Å². The molecule has 2 nitrogen and oxygen atoms in total. The summed E-state index contributed by atoms with van der Waals surface area (Å²) in [6.07, 6.45) is 0. The molecule has 1 radical (unpaired) electrons. The van der Waals surface area contributed by atoms with Gasteiger partial charge in [-0.05, 0) is 33.3 Å². The van der Waals surface area contributed by atoms with Gasteiger partial charge in [0.2, 0.25) is 0 Å². The minimum atomic E-state index is -0.331. The minimum absolute atomic E-state index is 0.208. The minimum Gasteiger partial charge on any atom is -0.428 e. The fourth-order valence-corrected chi connectivity index (χ4v) is 1.14. The number of thiol groups is 1. The van der Waals surface area contributed by atoms with Crippen molar-refractivity contribution >= 4 is 25.6 Å². The Morgan fingerprint density at radius 1 is 1.18 bits per heavy atom. The van der Waals surface area contributed by atoms with Crippen LogP contribution in [0.4, 0.5) is 0 Å². The zero-order chi connectivity index (χ0) is 13.1. The summed E-state index contributed by atoms with van der Waals surface area (Å²) in [6, 6.07) is 8.02. The van der Waals surface area contributed by atoms with Crippen LogP contribution in [0.3, 0.4) is 0 Å². The zero-order valence-electron chi connectivity index (χ0n) is 11.0. The molecule has 0 aliphatic carbocycles. The van der Waals surface area contributed by atoms with Gasteiger partial charge >= 0.3 is 7.48 Å². The Morgan fingerprint density at radius 3 is 2.12 bits per heavy atom. The van der Waals surface area contributed by atoms with Gasteiger partial charge in [-0.3, -0.25) is 0 Å². The van der Waals surface area contributed by atoms with Gasteiger partial charge in [0.25, 0.3) is 0 Å². The first-order valence-corrected chi connectivity index (χ1v) is 6.23. The van der Waals surface area contributed by atoms with E-state index in [0.717, 1.165) is 11.0 Å². The number of rotatable bonds is 5. The summed E-state index contributed by atoms with van der Waals surface area (Å²) in [4.78, 5) is 0. The Hall–Kier alpha value is -0.445. The molecule has 17 heavy (non-hydrogen) atoms. The van der Waals surface area contributed by atoms with E-state index in [1.165, 1.54) is 0 Å². The molecule has 0 aliphatic heterocycles. The molecule has 1 aromatic carbocycles. The molecule has 0 fully saturated rings. The third-order valence-corrected chi connectivity index (χ3v) is 3.72. The summed E-state index contributed by atoms with van der Waals surface area (Å²) in [6.45, 7) is 8.72. The van der Waals surface area contributed by atoms with Crippen LogP contribution < -0.4 is 11.2 Å². The third-order valence-electron chi connectivity index (χ3n) is 3.18. The molecule has 0 unspecified atom stereocenters. The van der Waals surface area contributed by atoms with Gasteiger partial charge in [0, 0.05) is 11.3 Å². The van der Waals surface area contributed by atoms with Gasteiger partial charge in [0.05, 0.1) is 5.60 Å². The Bertz CT molecular complexity index is 357. The molecule has 1 aromatic rings. The van der Waals surface area contributed by atoms with Crippen molar-refractivity contribution in [1.82, 2.24) is 0 Å². The van der Waals surface area contributed by atoms with Crippen LogP contribution in [0.5, 0.6) is 0 Å². The fraction of sp³-hybridized carbons (Fsp3) is 0.538. The number of hydrogen-bond donors (Lipinski definition) is 2. The second-order valence-corrected chi connectivity index (χ2v) is 6.37. The molecule has 2 N–H and O–H groups in total. The smallest absolute Gasteiger partial charge is 0.330 e. The predicted molar refractivity (Wildman–Crippen MR) is 78.0 cm³/mol. The molecule has 0 aromatic heterocycles. The summed E-state index contributed by atoms with van der Waals surface area (Å²) >= 11 is 4.55. The SMILES string of the molecule is CC(C)(S)C(C)(C)O[B]c1ccc(CN)cc1. The van der Waals surface area contributed by atoms with Crippen molar-refractivity contribution in [2.24, 2.45) is 5.73 Å². The fourth-order valence-electron chi connectivity index (χ4n) is 1.09. The number of benzene rings is 1. The van der Waals surface area contributed by atoms with Crippen molar-refractivity contribution < 1.29 is 4.65 Å². The van der Waals surface area contributed by atoms with Gasteiger partial charge < -0.3 is 10.4 Å². The maximum Gasteiger partial charge on any atom is 0.330 e. The van der Waals surface area contributed by atoms with E-state index in [-0.39, 0.29) is 10.3 Å². The molecule has 4 heteroatoms. The summed E-state index contributed by atoms with van der Waals surface area (Å²) in [5.74, 6) is 0. The number of hydrogen-bond acceptors (Lipinski definition) is 3. The second-order valence-electron chi connectivity index (χ2n) is 5.25. The Kier molecular flexibility index (Phi) is 4.70. The predicted octanol–water partition coefficient (Wildman–Crippen LogP) is 1.89. The van der Waals surface area contributed by atoms with Gasteiger partial charge in [0.1, 0.15) is 0 Å². The normalized spacial score (nSPS) is 12.6. The molecule has 0 bridgehead atoms. The van der Waals surface area contributed by atoms with E-state index < -0.39 is 0 Å². The maximum atomic E-state index is 5.82. The second kappa shape index (κ2) is 5.47. The Morgan fingerprint density at radius 2 is 1.71 bits per heavy atom. The van der Waals surface area contributed by atoms with Crippen LogP contribution in [0.2, 0.25) is 0 Å². The highest BCUT2D eigenvalue weighted by molar-refractivity contribution is 7.81. The zero-order valence-corrected chi connectivity index (χ0v) is 11.9. The quantitative estimate of drug-likeness (QED) is 0.618. The molecule has 0 amide bonds. The van der Waals surface area contributed by atoms with E-state index in [9.17, 15) is 0 Å². The first-order chi connectivity index (χ1) is 7.76. The van der Waals surface area contributed by atoms with E-state index in [0.29, 0.717) is 6.54 Å². The topological polar surface area (TPSA) is 35.2 Å². The Labute approximate surface area is 111 Å². The van der Waals surface area contributed by atoms with E-state index in [1.54, 1.807) is 7.48 Å². The van der Waals surface area contributed by atoms with E-state index in [2.05, 4.69) is 12.6 Å². The van der Waals surface area contributed by atoms with Crippen molar-refractivity contribution in [3.05, 3.63) is 29.8 Å². The van der Waals surface area contributed by atoms with Crippen LogP contribution in [-0.2, 0) is 11.2 Å². The molecule has 0 spiro atoms. The molecule has 1 rings (SSSR count). The lowest BCUT2D eigenvalue weighted by atomic mass is 9.83. The maximum absolute atomic E-state index is 5.82. The third kappa shape index (κ3) is 4.05. The average Bonchev–Trinajstić information content (AvgIpc) is 2.25. The van der Waals surface area contributed by atoms with E-state index in [4.69, 9.17) is 10.4 Å².